The topological polar surface area (TPSA) is 54.7 Å². The second kappa shape index (κ2) is 9.93. The summed E-state index contributed by atoms with van der Waals surface area (Å²) in [7, 11) is -3.57. The molecule has 3 aromatic carbocycles. The molecule has 7 heteroatoms. The van der Waals surface area contributed by atoms with Gasteiger partial charge in [0.05, 0.1) is 16.3 Å². The van der Waals surface area contributed by atoms with Crippen molar-refractivity contribution >= 4 is 27.0 Å². The van der Waals surface area contributed by atoms with Crippen LogP contribution >= 0.6 is 11.3 Å². The number of piperidine rings is 1. The van der Waals surface area contributed by atoms with Crippen LogP contribution < -0.4 is 4.80 Å². The quantitative estimate of drug-likeness (QED) is 0.330. The van der Waals surface area contributed by atoms with E-state index in [1.165, 1.54) is 11.3 Å². The van der Waals surface area contributed by atoms with Crippen molar-refractivity contribution in [1.29, 1.82) is 0 Å². The summed E-state index contributed by atoms with van der Waals surface area (Å²) in [5.41, 5.74) is 3.60. The SMILES string of the molecule is CC1CC(C)CN(S(=O)(=O)c2cccc(-c3csc(=Nc4ccccc4)n3-c3ccccc3)c2)C1. The molecule has 0 saturated carbocycles. The highest BCUT2D eigenvalue weighted by Gasteiger charge is 2.31. The van der Waals surface area contributed by atoms with Crippen LogP contribution in [0, 0.1) is 11.8 Å². The minimum Gasteiger partial charge on any atom is -0.285 e. The van der Waals surface area contributed by atoms with Gasteiger partial charge in [-0.05, 0) is 54.7 Å². The van der Waals surface area contributed by atoms with E-state index in [0.29, 0.717) is 29.8 Å². The van der Waals surface area contributed by atoms with Crippen LogP contribution in [0.3, 0.4) is 0 Å². The predicted molar refractivity (Wildman–Crippen MR) is 142 cm³/mol. The van der Waals surface area contributed by atoms with E-state index in [1.807, 2.05) is 78.2 Å². The summed E-state index contributed by atoms with van der Waals surface area (Å²) < 4.78 is 30.9. The lowest BCUT2D eigenvalue weighted by molar-refractivity contribution is 0.222. The Morgan fingerprint density at radius 3 is 2.20 bits per heavy atom. The van der Waals surface area contributed by atoms with Crippen molar-refractivity contribution in [2.24, 2.45) is 16.8 Å². The first-order valence-corrected chi connectivity index (χ1v) is 14.2. The molecule has 1 fully saturated rings. The standard InChI is InChI=1S/C28H29N3O2S2/c1-21-16-22(2)19-30(18-21)35(32,33)26-15-9-10-23(17-26)27-20-34-28(29-24-11-5-3-6-12-24)31(27)25-13-7-4-8-14-25/h3-15,17,20-22H,16,18-19H2,1-2H3. The molecule has 0 aliphatic carbocycles. The van der Waals surface area contributed by atoms with Gasteiger partial charge in [-0.25, -0.2) is 13.4 Å². The summed E-state index contributed by atoms with van der Waals surface area (Å²) >= 11 is 1.54. The van der Waals surface area contributed by atoms with Gasteiger partial charge in [-0.1, -0.05) is 62.4 Å². The highest BCUT2D eigenvalue weighted by atomic mass is 32.2. The molecule has 0 bridgehead atoms. The molecule has 5 nitrogen and oxygen atoms in total. The summed E-state index contributed by atoms with van der Waals surface area (Å²) in [5.74, 6) is 0.715. The number of aromatic nitrogens is 1. The lowest BCUT2D eigenvalue weighted by Gasteiger charge is -2.34. The fourth-order valence-corrected chi connectivity index (χ4v) is 7.45. The van der Waals surface area contributed by atoms with Gasteiger partial charge in [0.15, 0.2) is 4.80 Å². The van der Waals surface area contributed by atoms with Crippen molar-refractivity contribution in [2.75, 3.05) is 13.1 Å². The van der Waals surface area contributed by atoms with Gasteiger partial charge in [-0.2, -0.15) is 4.31 Å². The Labute approximate surface area is 211 Å². The van der Waals surface area contributed by atoms with Crippen molar-refractivity contribution in [2.45, 2.75) is 25.2 Å². The first-order valence-electron chi connectivity index (χ1n) is 11.9. The minimum absolute atomic E-state index is 0.337. The zero-order chi connectivity index (χ0) is 24.4. The third-order valence-electron chi connectivity index (χ3n) is 6.31. The molecule has 180 valence electrons. The van der Waals surface area contributed by atoms with Crippen molar-refractivity contribution in [3.05, 3.63) is 95.1 Å². The van der Waals surface area contributed by atoms with Gasteiger partial charge in [0.25, 0.3) is 0 Å². The molecule has 2 atom stereocenters. The van der Waals surface area contributed by atoms with Gasteiger partial charge in [0, 0.05) is 29.7 Å². The first kappa shape index (κ1) is 23.7. The number of benzene rings is 3. The highest BCUT2D eigenvalue weighted by molar-refractivity contribution is 7.89. The van der Waals surface area contributed by atoms with Gasteiger partial charge in [0.1, 0.15) is 0 Å². The first-order chi connectivity index (χ1) is 16.9. The van der Waals surface area contributed by atoms with Crippen molar-refractivity contribution in [3.8, 4) is 16.9 Å². The van der Waals surface area contributed by atoms with Gasteiger partial charge >= 0.3 is 0 Å². The van der Waals surface area contributed by atoms with E-state index in [4.69, 9.17) is 4.99 Å². The lowest BCUT2D eigenvalue weighted by atomic mass is 9.94. The fraction of sp³-hybridized carbons (Fsp3) is 0.250. The summed E-state index contributed by atoms with van der Waals surface area (Å²) in [6.45, 7) is 5.39. The monoisotopic (exact) mass is 503 g/mol. The van der Waals surface area contributed by atoms with Gasteiger partial charge in [-0.3, -0.25) is 4.57 Å². The van der Waals surface area contributed by atoms with E-state index >= 15 is 0 Å². The number of thiazole rings is 1. The highest BCUT2D eigenvalue weighted by Crippen LogP contribution is 2.30. The van der Waals surface area contributed by atoms with Crippen LogP contribution in [0.2, 0.25) is 0 Å². The average Bonchev–Trinajstić information content (AvgIpc) is 3.28. The molecule has 2 unspecified atom stereocenters. The summed E-state index contributed by atoms with van der Waals surface area (Å²) in [6, 6.07) is 27.2. The molecule has 0 radical (unpaired) electrons. The largest absolute Gasteiger partial charge is 0.285 e. The molecule has 1 aliphatic heterocycles. The van der Waals surface area contributed by atoms with Crippen LogP contribution in [-0.4, -0.2) is 30.4 Å². The van der Waals surface area contributed by atoms with E-state index in [9.17, 15) is 8.42 Å². The molecule has 2 heterocycles. The average molecular weight is 504 g/mol. The molecule has 35 heavy (non-hydrogen) atoms. The van der Waals surface area contributed by atoms with Crippen molar-refractivity contribution < 1.29 is 8.42 Å². The number of rotatable bonds is 5. The van der Waals surface area contributed by atoms with E-state index < -0.39 is 10.0 Å². The normalized spacial score (nSPS) is 19.7. The zero-order valence-corrected chi connectivity index (χ0v) is 21.5. The lowest BCUT2D eigenvalue weighted by Crippen LogP contribution is -2.42. The predicted octanol–water partition coefficient (Wildman–Crippen LogP) is 6.10. The Kier molecular flexibility index (Phi) is 6.73. The summed E-state index contributed by atoms with van der Waals surface area (Å²) in [4.78, 5) is 6.04. The van der Waals surface area contributed by atoms with Crippen molar-refractivity contribution in [1.82, 2.24) is 8.87 Å². The maximum atomic E-state index is 13.6. The Morgan fingerprint density at radius 1 is 0.857 bits per heavy atom. The maximum absolute atomic E-state index is 13.6. The Bertz CT molecular complexity index is 1470. The molecule has 5 rings (SSSR count). The number of sulfonamides is 1. The van der Waals surface area contributed by atoms with E-state index in [-0.39, 0.29) is 0 Å². The van der Waals surface area contributed by atoms with Crippen molar-refractivity contribution in [3.63, 3.8) is 0 Å². The fourth-order valence-electron chi connectivity index (χ4n) is 4.80. The number of hydrogen-bond acceptors (Lipinski definition) is 4. The van der Waals surface area contributed by atoms with Crippen LogP contribution in [0.15, 0.2) is 100 Å². The summed E-state index contributed by atoms with van der Waals surface area (Å²) in [5, 5.41) is 2.05. The molecular formula is C28H29N3O2S2. The summed E-state index contributed by atoms with van der Waals surface area (Å²) in [6.07, 6.45) is 1.06. The molecular weight excluding hydrogens is 474 g/mol. The number of para-hydroxylation sites is 2. The molecule has 4 aromatic rings. The second-order valence-corrected chi connectivity index (χ2v) is 12.1. The van der Waals surface area contributed by atoms with Crippen LogP contribution in [-0.2, 0) is 10.0 Å². The molecule has 1 aromatic heterocycles. The van der Waals surface area contributed by atoms with Crippen LogP contribution in [0.25, 0.3) is 16.9 Å². The number of nitrogens with zero attached hydrogens (tertiary/aromatic N) is 3. The smallest absolute Gasteiger partial charge is 0.243 e. The third kappa shape index (κ3) is 5.03. The second-order valence-electron chi connectivity index (χ2n) is 9.32. The molecule has 0 N–H and O–H groups in total. The number of hydrogen-bond donors (Lipinski definition) is 0. The Morgan fingerprint density at radius 2 is 1.51 bits per heavy atom. The van der Waals surface area contributed by atoms with E-state index in [1.54, 1.807) is 16.4 Å². The molecule has 0 amide bonds. The van der Waals surface area contributed by atoms with Crippen LogP contribution in [0.1, 0.15) is 20.3 Å². The van der Waals surface area contributed by atoms with Gasteiger partial charge in [0.2, 0.25) is 10.0 Å². The van der Waals surface area contributed by atoms with Crippen LogP contribution in [0.5, 0.6) is 0 Å². The van der Waals surface area contributed by atoms with E-state index in [2.05, 4.69) is 18.4 Å². The van der Waals surface area contributed by atoms with Gasteiger partial charge in [-0.15, -0.1) is 11.3 Å². The third-order valence-corrected chi connectivity index (χ3v) is 8.96. The maximum Gasteiger partial charge on any atom is 0.243 e. The Balaban J connectivity index is 1.61. The molecule has 1 saturated heterocycles. The molecule has 0 spiro atoms. The Hall–Kier alpha value is -3.00. The minimum atomic E-state index is -3.57. The van der Waals surface area contributed by atoms with Crippen LogP contribution in [0.4, 0.5) is 5.69 Å². The zero-order valence-electron chi connectivity index (χ0n) is 19.9. The molecule has 1 aliphatic rings. The van der Waals surface area contributed by atoms with Gasteiger partial charge < -0.3 is 0 Å². The van der Waals surface area contributed by atoms with E-state index in [0.717, 1.165) is 33.9 Å².